The second kappa shape index (κ2) is 10.4. The third kappa shape index (κ3) is 5.02. The summed E-state index contributed by atoms with van der Waals surface area (Å²) in [6.07, 6.45) is -0.750. The Kier molecular flexibility index (Phi) is 7.12. The SMILES string of the molecule is COC[C@H](NC(=O)OCC1c2ccccc2-c2ccccc21)C(=O)Nc1cccc(C(=O)O)c1C. The first-order chi connectivity index (χ1) is 16.9. The molecule has 0 radical (unpaired) electrons. The Bertz CT molecular complexity index is 1230. The van der Waals surface area contributed by atoms with E-state index in [2.05, 4.69) is 22.8 Å². The van der Waals surface area contributed by atoms with Gasteiger partial charge in [0.25, 0.3) is 0 Å². The van der Waals surface area contributed by atoms with Crippen LogP contribution in [0.4, 0.5) is 10.5 Å². The Hall–Kier alpha value is -4.17. The smallest absolute Gasteiger partial charge is 0.407 e. The van der Waals surface area contributed by atoms with Gasteiger partial charge in [0.05, 0.1) is 12.2 Å². The van der Waals surface area contributed by atoms with Crippen LogP contribution in [0.5, 0.6) is 0 Å². The molecular weight excluding hydrogens is 448 g/mol. The highest BCUT2D eigenvalue weighted by Crippen LogP contribution is 2.44. The van der Waals surface area contributed by atoms with Gasteiger partial charge in [-0.3, -0.25) is 4.79 Å². The lowest BCUT2D eigenvalue weighted by Crippen LogP contribution is -2.47. The monoisotopic (exact) mass is 474 g/mol. The largest absolute Gasteiger partial charge is 0.478 e. The van der Waals surface area contributed by atoms with Gasteiger partial charge in [-0.05, 0) is 46.9 Å². The van der Waals surface area contributed by atoms with Crippen molar-refractivity contribution in [1.82, 2.24) is 5.32 Å². The second-order valence-corrected chi connectivity index (χ2v) is 8.25. The van der Waals surface area contributed by atoms with Crippen LogP contribution in [0.2, 0.25) is 0 Å². The normalized spacial score (nSPS) is 12.9. The van der Waals surface area contributed by atoms with E-state index in [0.717, 1.165) is 22.3 Å². The van der Waals surface area contributed by atoms with Crippen LogP contribution in [0.3, 0.4) is 0 Å². The first kappa shape index (κ1) is 24.0. The molecule has 1 aliphatic carbocycles. The molecule has 1 atom stereocenters. The number of hydrogen-bond acceptors (Lipinski definition) is 5. The molecule has 0 fully saturated rings. The predicted molar refractivity (Wildman–Crippen MR) is 131 cm³/mol. The maximum atomic E-state index is 12.9. The molecule has 4 rings (SSSR count). The van der Waals surface area contributed by atoms with E-state index in [4.69, 9.17) is 9.47 Å². The number of fused-ring (bicyclic) bond motifs is 3. The van der Waals surface area contributed by atoms with Gasteiger partial charge >= 0.3 is 12.1 Å². The average Bonchev–Trinajstić information content (AvgIpc) is 3.17. The summed E-state index contributed by atoms with van der Waals surface area (Å²) < 4.78 is 10.6. The minimum atomic E-state index is -1.09. The standard InChI is InChI=1S/C27H26N2O6/c1-16-17(26(31)32)12-7-13-23(16)28-25(30)24(15-34-2)29-27(33)35-14-22-20-10-5-3-8-18(20)19-9-4-6-11-21(19)22/h3-13,22,24H,14-15H2,1-2H3,(H,28,30)(H,29,33)(H,31,32)/t24-/m0/s1. The number of anilines is 1. The van der Waals surface area contributed by atoms with E-state index in [1.165, 1.54) is 19.2 Å². The van der Waals surface area contributed by atoms with Gasteiger partial charge in [0, 0.05) is 18.7 Å². The molecule has 3 N–H and O–H groups in total. The van der Waals surface area contributed by atoms with Crippen molar-refractivity contribution < 1.29 is 29.0 Å². The molecule has 2 amide bonds. The number of rotatable bonds is 8. The van der Waals surface area contributed by atoms with E-state index in [0.29, 0.717) is 11.3 Å². The van der Waals surface area contributed by atoms with Crippen LogP contribution in [0.1, 0.15) is 33.0 Å². The van der Waals surface area contributed by atoms with Crippen molar-refractivity contribution in [3.8, 4) is 11.1 Å². The molecule has 180 valence electrons. The highest BCUT2D eigenvalue weighted by molar-refractivity contribution is 5.99. The summed E-state index contributed by atoms with van der Waals surface area (Å²) in [5.41, 5.74) is 5.23. The maximum Gasteiger partial charge on any atom is 0.407 e. The topological polar surface area (TPSA) is 114 Å². The van der Waals surface area contributed by atoms with Gasteiger partial charge in [0.15, 0.2) is 0 Å². The summed E-state index contributed by atoms with van der Waals surface area (Å²) in [4.78, 5) is 36.9. The van der Waals surface area contributed by atoms with Crippen molar-refractivity contribution in [1.29, 1.82) is 0 Å². The van der Waals surface area contributed by atoms with Crippen molar-refractivity contribution in [3.05, 3.63) is 89.0 Å². The Morgan fingerprint density at radius 2 is 1.57 bits per heavy atom. The Morgan fingerprint density at radius 1 is 0.943 bits per heavy atom. The highest BCUT2D eigenvalue weighted by Gasteiger charge is 2.30. The molecule has 0 bridgehead atoms. The van der Waals surface area contributed by atoms with Gasteiger partial charge in [-0.1, -0.05) is 54.6 Å². The summed E-state index contributed by atoms with van der Waals surface area (Å²) in [6.45, 7) is 1.62. The van der Waals surface area contributed by atoms with Crippen molar-refractivity contribution >= 4 is 23.7 Å². The Labute approximate surface area is 202 Å². The number of hydrogen-bond donors (Lipinski definition) is 3. The number of aromatic carboxylic acids is 1. The fourth-order valence-corrected chi connectivity index (χ4v) is 4.35. The fourth-order valence-electron chi connectivity index (χ4n) is 4.35. The number of ether oxygens (including phenoxy) is 2. The number of alkyl carbamates (subject to hydrolysis) is 1. The summed E-state index contributed by atoms with van der Waals surface area (Å²) >= 11 is 0. The minimum absolute atomic E-state index is 0.0792. The van der Waals surface area contributed by atoms with Crippen molar-refractivity contribution in [3.63, 3.8) is 0 Å². The molecule has 0 spiro atoms. The molecule has 8 heteroatoms. The van der Waals surface area contributed by atoms with Crippen LogP contribution >= 0.6 is 0 Å². The fraction of sp³-hybridized carbons (Fsp3) is 0.222. The first-order valence-electron chi connectivity index (χ1n) is 11.1. The zero-order chi connectivity index (χ0) is 24.9. The van der Waals surface area contributed by atoms with Crippen LogP contribution in [0.15, 0.2) is 66.7 Å². The van der Waals surface area contributed by atoms with Crippen molar-refractivity contribution in [2.24, 2.45) is 0 Å². The summed E-state index contributed by atoms with van der Waals surface area (Å²) in [5, 5.41) is 14.5. The number of benzene rings is 3. The van der Waals surface area contributed by atoms with Crippen LogP contribution in [-0.2, 0) is 14.3 Å². The third-order valence-electron chi connectivity index (χ3n) is 6.11. The van der Waals surface area contributed by atoms with Crippen LogP contribution < -0.4 is 10.6 Å². The number of carboxylic acids is 1. The third-order valence-corrected chi connectivity index (χ3v) is 6.11. The number of amides is 2. The van der Waals surface area contributed by atoms with Gasteiger partial charge in [-0.25, -0.2) is 9.59 Å². The summed E-state index contributed by atoms with van der Waals surface area (Å²) in [7, 11) is 1.41. The van der Waals surface area contributed by atoms with E-state index in [-0.39, 0.29) is 24.7 Å². The summed E-state index contributed by atoms with van der Waals surface area (Å²) in [6, 6.07) is 19.6. The molecule has 1 aliphatic rings. The van der Waals surface area contributed by atoms with Crippen LogP contribution in [0, 0.1) is 6.92 Å². The lowest BCUT2D eigenvalue weighted by atomic mass is 9.98. The lowest BCUT2D eigenvalue weighted by Gasteiger charge is -2.20. The molecule has 0 aromatic heterocycles. The van der Waals surface area contributed by atoms with E-state index in [1.807, 2.05) is 36.4 Å². The van der Waals surface area contributed by atoms with E-state index < -0.39 is 24.0 Å². The molecule has 0 heterocycles. The van der Waals surface area contributed by atoms with Gasteiger partial charge in [0.2, 0.25) is 5.91 Å². The molecular formula is C27H26N2O6. The first-order valence-corrected chi connectivity index (χ1v) is 11.1. The Balaban J connectivity index is 1.42. The van der Waals surface area contributed by atoms with E-state index >= 15 is 0 Å². The average molecular weight is 475 g/mol. The second-order valence-electron chi connectivity index (χ2n) is 8.25. The predicted octanol–water partition coefficient (Wildman–Crippen LogP) is 4.19. The number of carbonyl (C=O) groups excluding carboxylic acids is 2. The molecule has 8 nitrogen and oxygen atoms in total. The number of methoxy groups -OCH3 is 1. The zero-order valence-electron chi connectivity index (χ0n) is 19.4. The molecule has 0 aliphatic heterocycles. The Morgan fingerprint density at radius 3 is 2.17 bits per heavy atom. The number of nitrogens with one attached hydrogen (secondary N) is 2. The summed E-state index contributed by atoms with van der Waals surface area (Å²) in [5.74, 6) is -1.75. The van der Waals surface area contributed by atoms with E-state index in [9.17, 15) is 19.5 Å². The van der Waals surface area contributed by atoms with Crippen LogP contribution in [-0.4, -0.2) is 49.4 Å². The molecule has 0 unspecified atom stereocenters. The van der Waals surface area contributed by atoms with Gasteiger partial charge in [0.1, 0.15) is 12.6 Å². The molecule has 35 heavy (non-hydrogen) atoms. The number of carbonyl (C=O) groups is 3. The van der Waals surface area contributed by atoms with Gasteiger partial charge < -0.3 is 25.2 Å². The van der Waals surface area contributed by atoms with Crippen LogP contribution in [0.25, 0.3) is 11.1 Å². The van der Waals surface area contributed by atoms with Crippen molar-refractivity contribution in [2.45, 2.75) is 18.9 Å². The minimum Gasteiger partial charge on any atom is -0.478 e. The number of carboxylic acid groups (broad SMARTS) is 1. The highest BCUT2D eigenvalue weighted by atomic mass is 16.5. The quantitative estimate of drug-likeness (QED) is 0.451. The molecule has 3 aromatic carbocycles. The van der Waals surface area contributed by atoms with E-state index in [1.54, 1.807) is 13.0 Å². The van der Waals surface area contributed by atoms with Gasteiger partial charge in [-0.2, -0.15) is 0 Å². The molecule has 0 saturated carbocycles. The molecule has 3 aromatic rings. The lowest BCUT2D eigenvalue weighted by molar-refractivity contribution is -0.119. The van der Waals surface area contributed by atoms with Crippen molar-refractivity contribution in [2.75, 3.05) is 25.6 Å². The maximum absolute atomic E-state index is 12.9. The molecule has 0 saturated heterocycles. The van der Waals surface area contributed by atoms with Gasteiger partial charge in [-0.15, -0.1) is 0 Å². The zero-order valence-corrected chi connectivity index (χ0v) is 19.4.